The monoisotopic (exact) mass is 180 g/mol. The van der Waals surface area contributed by atoms with E-state index in [0.717, 1.165) is 19.4 Å². The Bertz CT molecular complexity index is 249. The summed E-state index contributed by atoms with van der Waals surface area (Å²) in [7, 11) is 0. The Morgan fingerprint density at radius 2 is 2.08 bits per heavy atom. The van der Waals surface area contributed by atoms with E-state index in [9.17, 15) is 0 Å². The Morgan fingerprint density at radius 3 is 2.85 bits per heavy atom. The first-order valence-corrected chi connectivity index (χ1v) is 4.75. The topological polar surface area (TPSA) is 9.23 Å². The van der Waals surface area contributed by atoms with Crippen molar-refractivity contribution in [2.24, 2.45) is 0 Å². The summed E-state index contributed by atoms with van der Waals surface area (Å²) in [5.74, 6) is 0. The van der Waals surface area contributed by atoms with Crippen LogP contribution in [-0.2, 0) is 11.3 Å². The lowest BCUT2D eigenvalue weighted by molar-refractivity contribution is 0.117. The molecule has 0 radical (unpaired) electrons. The Balaban J connectivity index is 1.98. The van der Waals surface area contributed by atoms with Crippen LogP contribution in [0, 0.1) is 0 Å². The highest BCUT2D eigenvalue weighted by atomic mass is 16.5. The van der Waals surface area contributed by atoms with E-state index in [1.54, 1.807) is 0 Å². The highest BCUT2D eigenvalue weighted by Gasteiger charge is 1.90. The van der Waals surface area contributed by atoms with Crippen LogP contribution in [0.4, 0.5) is 0 Å². The molecule has 0 saturated heterocycles. The van der Waals surface area contributed by atoms with Crippen LogP contribution >= 0.6 is 0 Å². The van der Waals surface area contributed by atoms with Crippen LogP contribution in [0.5, 0.6) is 0 Å². The molecule has 1 heteroatoms. The van der Waals surface area contributed by atoms with Gasteiger partial charge in [-0.15, -0.1) is 0 Å². The van der Waals surface area contributed by atoms with Crippen LogP contribution in [0.2, 0.25) is 0 Å². The maximum Gasteiger partial charge on any atom is 0.0716 e. The highest BCUT2D eigenvalue weighted by Crippen LogP contribution is 2.01. The molecule has 13 heavy (non-hydrogen) atoms. The molecule has 1 aromatic carbocycles. The third kappa shape index (κ3) is 4.69. The molecule has 72 valence electrons. The first-order valence-electron chi connectivity index (χ1n) is 5.90. The predicted molar refractivity (Wildman–Crippen MR) is 55.6 cm³/mol. The summed E-state index contributed by atoms with van der Waals surface area (Å²) in [6.45, 7) is 0.701. The summed E-state index contributed by atoms with van der Waals surface area (Å²) in [5.41, 5.74) is 1.19. The zero-order chi connectivity index (χ0) is 10.9. The molecule has 0 aliphatic rings. The Kier molecular flexibility index (Phi) is 3.88. The molecule has 0 unspecified atom stereocenters. The smallest absolute Gasteiger partial charge is 0.0716 e. The zero-order valence-corrected chi connectivity index (χ0v) is 7.91. The van der Waals surface area contributed by atoms with E-state index in [1.165, 1.54) is 5.56 Å². The summed E-state index contributed by atoms with van der Waals surface area (Å²) in [6.07, 6.45) is 2.50. The molecule has 0 fully saturated rings. The Hall–Kier alpha value is -0.820. The number of ether oxygens (including phenoxy) is 1. The molecule has 1 aromatic rings. The average Bonchev–Trinajstić information content (AvgIpc) is 2.24. The number of rotatable bonds is 6. The molecule has 0 spiro atoms. The van der Waals surface area contributed by atoms with Gasteiger partial charge in [0.1, 0.15) is 0 Å². The van der Waals surface area contributed by atoms with Crippen molar-refractivity contribution in [2.75, 3.05) is 6.61 Å². The van der Waals surface area contributed by atoms with Gasteiger partial charge < -0.3 is 4.74 Å². The lowest BCUT2D eigenvalue weighted by Gasteiger charge is -2.02. The molecule has 0 aliphatic carbocycles. The van der Waals surface area contributed by atoms with E-state index in [0.29, 0.717) is 13.0 Å². The van der Waals surface area contributed by atoms with Gasteiger partial charge in [-0.25, -0.2) is 0 Å². The van der Waals surface area contributed by atoms with E-state index in [-0.39, 0.29) is 0 Å². The molecule has 0 heterocycles. The second kappa shape index (κ2) is 6.67. The highest BCUT2D eigenvalue weighted by molar-refractivity contribution is 5.13. The molecular formula is C12H18O. The molecule has 1 nitrogen and oxygen atoms in total. The first kappa shape index (κ1) is 7.57. The minimum atomic E-state index is -0.681. The van der Waals surface area contributed by atoms with E-state index in [4.69, 9.17) is 7.48 Å². The lowest BCUT2D eigenvalue weighted by Crippen LogP contribution is -1.94. The molecule has 1 rings (SSSR count). The maximum atomic E-state index is 7.02. The quantitative estimate of drug-likeness (QED) is 0.610. The fraction of sp³-hybridized carbons (Fsp3) is 0.500. The molecule has 0 N–H and O–H groups in total. The predicted octanol–water partition coefficient (Wildman–Crippen LogP) is 3.39. The van der Waals surface area contributed by atoms with Gasteiger partial charge in [0.15, 0.2) is 0 Å². The standard InChI is InChI=1S/C12H18O/c1-2-3-7-10-13-11-12-8-5-4-6-9-12/h4-6,8-9H,2-3,7,10-11H2,1H3/i1D2. The summed E-state index contributed by atoms with van der Waals surface area (Å²) in [4.78, 5) is 0. The Morgan fingerprint density at radius 1 is 1.23 bits per heavy atom. The largest absolute Gasteiger partial charge is 0.377 e. The van der Waals surface area contributed by atoms with Crippen LogP contribution in [0.1, 0.15) is 34.4 Å². The zero-order valence-electron chi connectivity index (χ0n) is 9.91. The van der Waals surface area contributed by atoms with Gasteiger partial charge in [0.25, 0.3) is 0 Å². The summed E-state index contributed by atoms with van der Waals surface area (Å²) >= 11 is 0. The lowest BCUT2D eigenvalue weighted by atomic mass is 10.2. The minimum absolute atomic E-state index is 0.648. The van der Waals surface area contributed by atoms with E-state index >= 15 is 0 Å². The van der Waals surface area contributed by atoms with Crippen molar-refractivity contribution in [3.63, 3.8) is 0 Å². The average molecular weight is 180 g/mol. The van der Waals surface area contributed by atoms with Gasteiger partial charge in [-0.3, -0.25) is 0 Å². The number of hydrogen-bond acceptors (Lipinski definition) is 1. The normalized spacial score (nSPS) is 12.7. The van der Waals surface area contributed by atoms with Crippen LogP contribution in [0.3, 0.4) is 0 Å². The van der Waals surface area contributed by atoms with Crippen molar-refractivity contribution in [2.45, 2.75) is 32.7 Å². The Labute approximate surface area is 83.5 Å². The van der Waals surface area contributed by atoms with Crippen molar-refractivity contribution in [1.82, 2.24) is 0 Å². The van der Waals surface area contributed by atoms with Gasteiger partial charge >= 0.3 is 0 Å². The molecular weight excluding hydrogens is 160 g/mol. The van der Waals surface area contributed by atoms with Gasteiger partial charge in [0.2, 0.25) is 0 Å². The van der Waals surface area contributed by atoms with Gasteiger partial charge in [-0.1, -0.05) is 50.0 Å². The van der Waals surface area contributed by atoms with Crippen molar-refractivity contribution >= 4 is 0 Å². The molecule has 0 amide bonds. The molecule has 0 bridgehead atoms. The third-order valence-corrected chi connectivity index (χ3v) is 1.85. The van der Waals surface area contributed by atoms with Crippen LogP contribution in [-0.4, -0.2) is 6.61 Å². The van der Waals surface area contributed by atoms with Gasteiger partial charge in [-0.2, -0.15) is 0 Å². The summed E-state index contributed by atoms with van der Waals surface area (Å²) in [5, 5.41) is 0. The van der Waals surface area contributed by atoms with E-state index in [2.05, 4.69) is 0 Å². The van der Waals surface area contributed by atoms with Gasteiger partial charge in [0.05, 0.1) is 6.61 Å². The second-order valence-corrected chi connectivity index (χ2v) is 3.03. The molecule has 0 saturated carbocycles. The fourth-order valence-corrected chi connectivity index (χ4v) is 1.11. The molecule has 0 aliphatic heterocycles. The van der Waals surface area contributed by atoms with Crippen LogP contribution < -0.4 is 0 Å². The SMILES string of the molecule is [2H]C([2H])CCCCOCc1ccccc1. The van der Waals surface area contributed by atoms with Gasteiger partial charge in [0, 0.05) is 9.35 Å². The van der Waals surface area contributed by atoms with Crippen molar-refractivity contribution in [3.05, 3.63) is 35.9 Å². The first-order chi connectivity index (χ1) is 7.29. The van der Waals surface area contributed by atoms with E-state index in [1.807, 2.05) is 30.3 Å². The summed E-state index contributed by atoms with van der Waals surface area (Å²) in [6, 6.07) is 10.1. The number of unbranched alkanes of at least 4 members (excludes halogenated alkanes) is 1. The number of benzene rings is 1. The van der Waals surface area contributed by atoms with Crippen molar-refractivity contribution in [3.8, 4) is 0 Å². The fourth-order valence-electron chi connectivity index (χ4n) is 1.11. The minimum Gasteiger partial charge on any atom is -0.377 e. The second-order valence-electron chi connectivity index (χ2n) is 3.03. The van der Waals surface area contributed by atoms with Gasteiger partial charge in [-0.05, 0) is 12.0 Å². The summed E-state index contributed by atoms with van der Waals surface area (Å²) < 4.78 is 19.5. The van der Waals surface area contributed by atoms with E-state index < -0.39 is 6.88 Å². The third-order valence-electron chi connectivity index (χ3n) is 1.85. The number of hydrogen-bond donors (Lipinski definition) is 0. The van der Waals surface area contributed by atoms with Crippen molar-refractivity contribution < 1.29 is 7.48 Å². The van der Waals surface area contributed by atoms with Crippen LogP contribution in [0.25, 0.3) is 0 Å². The molecule has 0 atom stereocenters. The molecule has 0 aromatic heterocycles. The van der Waals surface area contributed by atoms with Crippen molar-refractivity contribution in [1.29, 1.82) is 0 Å². The maximum absolute atomic E-state index is 7.02. The van der Waals surface area contributed by atoms with Crippen LogP contribution in [0.15, 0.2) is 30.3 Å².